The summed E-state index contributed by atoms with van der Waals surface area (Å²) in [5.74, 6) is -0.295. The number of fused-ring (bicyclic) bond motifs is 2. The zero-order chi connectivity index (χ0) is 26.4. The number of hydrogen-bond donors (Lipinski definition) is 2. The van der Waals surface area contributed by atoms with E-state index in [9.17, 15) is 31.1 Å². The number of alkyl halides is 3. The van der Waals surface area contributed by atoms with Gasteiger partial charge in [-0.2, -0.15) is 0 Å². The van der Waals surface area contributed by atoms with Gasteiger partial charge in [-0.15, -0.1) is 13.2 Å². The zero-order valence-electron chi connectivity index (χ0n) is 19.2. The number of rotatable bonds is 5. The van der Waals surface area contributed by atoms with Crippen LogP contribution in [0.4, 0.5) is 28.9 Å². The van der Waals surface area contributed by atoms with E-state index >= 15 is 0 Å². The standard InChI is InChI=1S/C25H22F4N2O5S/c26-15-8-13-20-23(14-15)35-22-7-2-1-5-19(22)31(20)21-6-3-4-18(24(21)32)30-37(33,34)17-11-9-16(10-12-17)36-25(27,28)29/h1-2,5,7-14,18,21,24,30,32H,3-4,6H2. The molecule has 1 aliphatic carbocycles. The molecule has 0 bridgehead atoms. The summed E-state index contributed by atoms with van der Waals surface area (Å²) in [5, 5.41) is 11.3. The van der Waals surface area contributed by atoms with E-state index in [1.165, 1.54) is 12.1 Å². The van der Waals surface area contributed by atoms with E-state index < -0.39 is 46.1 Å². The van der Waals surface area contributed by atoms with Crippen LogP contribution in [0.1, 0.15) is 19.3 Å². The molecular weight excluding hydrogens is 516 g/mol. The van der Waals surface area contributed by atoms with Gasteiger partial charge in [-0.25, -0.2) is 17.5 Å². The van der Waals surface area contributed by atoms with Crippen LogP contribution < -0.4 is 19.1 Å². The minimum absolute atomic E-state index is 0.270. The molecule has 3 aromatic rings. The molecule has 3 atom stereocenters. The molecule has 0 spiro atoms. The third kappa shape index (κ3) is 5.22. The fraction of sp³-hybridized carbons (Fsp3) is 0.280. The van der Waals surface area contributed by atoms with Crippen molar-refractivity contribution >= 4 is 21.4 Å². The molecule has 196 valence electrons. The first-order valence-corrected chi connectivity index (χ1v) is 12.9. The second kappa shape index (κ2) is 9.51. The van der Waals surface area contributed by atoms with Gasteiger partial charge in [0.1, 0.15) is 11.6 Å². The van der Waals surface area contributed by atoms with Gasteiger partial charge in [-0.1, -0.05) is 12.1 Å². The second-order valence-corrected chi connectivity index (χ2v) is 10.5. The summed E-state index contributed by atoms with van der Waals surface area (Å²) in [4.78, 5) is 1.57. The molecule has 2 aliphatic rings. The third-order valence-corrected chi connectivity index (χ3v) is 7.86. The van der Waals surface area contributed by atoms with Crippen molar-refractivity contribution in [1.82, 2.24) is 4.72 Å². The van der Waals surface area contributed by atoms with Crippen LogP contribution in [0.5, 0.6) is 17.2 Å². The minimum Gasteiger partial charge on any atom is -0.453 e. The number of benzene rings is 3. The molecule has 0 aromatic heterocycles. The van der Waals surface area contributed by atoms with Crippen LogP contribution in [0.2, 0.25) is 0 Å². The molecule has 2 N–H and O–H groups in total. The topological polar surface area (TPSA) is 88.1 Å². The smallest absolute Gasteiger partial charge is 0.453 e. The molecule has 0 radical (unpaired) electrons. The Morgan fingerprint density at radius 2 is 1.68 bits per heavy atom. The molecular formula is C25H22F4N2O5S. The van der Waals surface area contributed by atoms with E-state index in [0.29, 0.717) is 36.4 Å². The Labute approximate surface area is 210 Å². The maximum Gasteiger partial charge on any atom is 0.573 e. The van der Waals surface area contributed by atoms with Crippen molar-refractivity contribution in [2.75, 3.05) is 4.90 Å². The molecule has 0 amide bonds. The van der Waals surface area contributed by atoms with Crippen molar-refractivity contribution in [2.24, 2.45) is 0 Å². The molecule has 1 heterocycles. The van der Waals surface area contributed by atoms with Gasteiger partial charge in [0.15, 0.2) is 11.5 Å². The molecule has 1 saturated carbocycles. The number of nitrogens with zero attached hydrogens (tertiary/aromatic N) is 1. The van der Waals surface area contributed by atoms with E-state index in [1.807, 2.05) is 4.90 Å². The lowest BCUT2D eigenvalue weighted by Crippen LogP contribution is -2.56. The molecule has 1 aliphatic heterocycles. The van der Waals surface area contributed by atoms with Crippen LogP contribution in [-0.4, -0.2) is 38.1 Å². The van der Waals surface area contributed by atoms with Gasteiger partial charge >= 0.3 is 6.36 Å². The van der Waals surface area contributed by atoms with Crippen LogP contribution in [-0.2, 0) is 10.0 Å². The van der Waals surface area contributed by atoms with E-state index in [1.54, 1.807) is 30.3 Å². The first-order chi connectivity index (χ1) is 17.5. The van der Waals surface area contributed by atoms with Gasteiger partial charge in [0.05, 0.1) is 34.5 Å². The molecule has 37 heavy (non-hydrogen) atoms. The van der Waals surface area contributed by atoms with Crippen LogP contribution >= 0.6 is 0 Å². The van der Waals surface area contributed by atoms with E-state index in [2.05, 4.69) is 9.46 Å². The molecule has 3 aromatic carbocycles. The fourth-order valence-corrected chi connectivity index (χ4v) is 6.06. The second-order valence-electron chi connectivity index (χ2n) is 8.79. The predicted molar refractivity (Wildman–Crippen MR) is 126 cm³/mol. The normalized spacial score (nSPS) is 21.5. The first-order valence-electron chi connectivity index (χ1n) is 11.4. The number of aliphatic hydroxyl groups is 1. The Bertz CT molecular complexity index is 1400. The maximum atomic E-state index is 13.9. The highest BCUT2D eigenvalue weighted by atomic mass is 32.2. The number of anilines is 2. The Balaban J connectivity index is 1.40. The molecule has 5 rings (SSSR count). The number of para-hydroxylation sites is 2. The average molecular weight is 539 g/mol. The van der Waals surface area contributed by atoms with Gasteiger partial charge in [0.25, 0.3) is 0 Å². The lowest BCUT2D eigenvalue weighted by molar-refractivity contribution is -0.274. The van der Waals surface area contributed by atoms with Crippen molar-refractivity contribution < 1.29 is 40.6 Å². The summed E-state index contributed by atoms with van der Waals surface area (Å²) in [6.07, 6.45) is -4.63. The number of sulfonamides is 1. The van der Waals surface area contributed by atoms with Crippen LogP contribution in [0.3, 0.4) is 0 Å². The van der Waals surface area contributed by atoms with Crippen LogP contribution in [0.15, 0.2) is 71.6 Å². The zero-order valence-corrected chi connectivity index (χ0v) is 20.0. The summed E-state index contributed by atoms with van der Waals surface area (Å²) in [7, 11) is -4.17. The van der Waals surface area contributed by atoms with Crippen LogP contribution in [0.25, 0.3) is 0 Å². The molecule has 7 nitrogen and oxygen atoms in total. The van der Waals surface area contributed by atoms with E-state index in [0.717, 1.165) is 24.3 Å². The summed E-state index contributed by atoms with van der Waals surface area (Å²) in [5.41, 5.74) is 1.18. The quantitative estimate of drug-likeness (QED) is 0.433. The van der Waals surface area contributed by atoms with Crippen molar-refractivity contribution in [3.05, 3.63) is 72.5 Å². The average Bonchev–Trinajstić information content (AvgIpc) is 2.83. The Hall–Kier alpha value is -3.35. The largest absolute Gasteiger partial charge is 0.573 e. The number of ether oxygens (including phenoxy) is 2. The monoisotopic (exact) mass is 538 g/mol. The van der Waals surface area contributed by atoms with E-state index in [4.69, 9.17) is 4.74 Å². The Morgan fingerprint density at radius 1 is 0.973 bits per heavy atom. The van der Waals surface area contributed by atoms with Gasteiger partial charge in [0.2, 0.25) is 10.0 Å². The number of hydrogen-bond acceptors (Lipinski definition) is 6. The van der Waals surface area contributed by atoms with Crippen molar-refractivity contribution in [1.29, 1.82) is 0 Å². The SMILES string of the molecule is O=S(=O)(NC1CCCC(N2c3ccccc3Oc3cc(F)ccc32)C1O)c1ccc(OC(F)(F)F)cc1. The van der Waals surface area contributed by atoms with Crippen LogP contribution in [0, 0.1) is 5.82 Å². The minimum atomic E-state index is -4.90. The van der Waals surface area contributed by atoms with Gasteiger partial charge in [-0.05, 0) is 67.8 Å². The van der Waals surface area contributed by atoms with Gasteiger partial charge in [0, 0.05) is 6.07 Å². The maximum absolute atomic E-state index is 13.9. The Morgan fingerprint density at radius 3 is 2.41 bits per heavy atom. The van der Waals surface area contributed by atoms with Crippen molar-refractivity contribution in [3.8, 4) is 17.2 Å². The summed E-state index contributed by atoms with van der Waals surface area (Å²) in [6.45, 7) is 0. The van der Waals surface area contributed by atoms with Crippen molar-refractivity contribution in [2.45, 2.75) is 48.7 Å². The molecule has 12 heteroatoms. The highest BCUT2D eigenvalue weighted by Crippen LogP contribution is 2.49. The summed E-state index contributed by atoms with van der Waals surface area (Å²) in [6, 6.07) is 13.5. The number of nitrogens with one attached hydrogen (secondary N) is 1. The lowest BCUT2D eigenvalue weighted by atomic mass is 9.86. The van der Waals surface area contributed by atoms with Gasteiger partial charge in [-0.3, -0.25) is 0 Å². The predicted octanol–water partition coefficient (Wildman–Crippen LogP) is 5.23. The fourth-order valence-electron chi connectivity index (χ4n) is 4.77. The molecule has 3 unspecified atom stereocenters. The molecule has 1 fully saturated rings. The highest BCUT2D eigenvalue weighted by Gasteiger charge is 2.41. The first kappa shape index (κ1) is 25.3. The Kier molecular flexibility index (Phi) is 6.50. The number of aliphatic hydroxyl groups excluding tert-OH is 1. The summed E-state index contributed by atoms with van der Waals surface area (Å²) < 4.78 is 89.3. The van der Waals surface area contributed by atoms with E-state index in [-0.39, 0.29) is 10.6 Å². The summed E-state index contributed by atoms with van der Waals surface area (Å²) >= 11 is 0. The number of halogens is 4. The van der Waals surface area contributed by atoms with Crippen molar-refractivity contribution in [3.63, 3.8) is 0 Å². The van der Waals surface area contributed by atoms with Gasteiger partial charge < -0.3 is 19.5 Å². The third-order valence-electron chi connectivity index (χ3n) is 6.35. The molecule has 0 saturated heterocycles. The lowest BCUT2D eigenvalue weighted by Gasteiger charge is -2.44. The highest BCUT2D eigenvalue weighted by molar-refractivity contribution is 7.89.